The van der Waals surface area contributed by atoms with Gasteiger partial charge in [0.25, 0.3) is 0 Å². The van der Waals surface area contributed by atoms with Gasteiger partial charge in [0.2, 0.25) is 5.88 Å². The molecule has 0 aliphatic carbocycles. The van der Waals surface area contributed by atoms with Crippen molar-refractivity contribution in [3.05, 3.63) is 47.1 Å². The van der Waals surface area contributed by atoms with Gasteiger partial charge in [-0.1, -0.05) is 11.6 Å². The maximum atomic E-state index is 12.8. The molecule has 3 nitrogen and oxygen atoms in total. The van der Waals surface area contributed by atoms with E-state index in [0.29, 0.717) is 11.3 Å². The summed E-state index contributed by atoms with van der Waals surface area (Å²) in [5, 5.41) is 0.247. The normalized spacial score (nSPS) is 10.2. The Hall–Kier alpha value is -1.68. The molecule has 2 aromatic rings. The van der Waals surface area contributed by atoms with Crippen LogP contribution in [-0.4, -0.2) is 9.97 Å². The van der Waals surface area contributed by atoms with Gasteiger partial charge in [0, 0.05) is 0 Å². The summed E-state index contributed by atoms with van der Waals surface area (Å²) in [6, 6.07) is 4.24. The first kappa shape index (κ1) is 10.8. The molecule has 1 heterocycles. The van der Waals surface area contributed by atoms with E-state index in [-0.39, 0.29) is 16.9 Å². The molecule has 0 unspecified atom stereocenters. The van der Waals surface area contributed by atoms with Crippen LogP contribution in [0, 0.1) is 12.7 Å². The fourth-order valence-electron chi connectivity index (χ4n) is 1.21. The Labute approximate surface area is 96.9 Å². The minimum Gasteiger partial charge on any atom is -0.437 e. The van der Waals surface area contributed by atoms with E-state index in [2.05, 4.69) is 9.97 Å². The number of aromatic nitrogens is 2. The highest BCUT2D eigenvalue weighted by atomic mass is 35.5. The van der Waals surface area contributed by atoms with Crippen molar-refractivity contribution in [2.24, 2.45) is 0 Å². The third-order valence-corrected chi connectivity index (χ3v) is 2.12. The van der Waals surface area contributed by atoms with Crippen LogP contribution >= 0.6 is 11.6 Å². The van der Waals surface area contributed by atoms with Crippen molar-refractivity contribution in [1.29, 1.82) is 0 Å². The van der Waals surface area contributed by atoms with Crippen LogP contribution in [0.3, 0.4) is 0 Å². The van der Waals surface area contributed by atoms with E-state index in [9.17, 15) is 4.39 Å². The van der Waals surface area contributed by atoms with Crippen LogP contribution in [0.25, 0.3) is 0 Å². The lowest BCUT2D eigenvalue weighted by Crippen LogP contribution is -1.92. The third-order valence-electron chi connectivity index (χ3n) is 1.93. The zero-order valence-corrected chi connectivity index (χ0v) is 9.20. The number of hydrogen-bond donors (Lipinski definition) is 0. The zero-order chi connectivity index (χ0) is 11.5. The third kappa shape index (κ3) is 2.46. The van der Waals surface area contributed by atoms with E-state index in [1.807, 2.05) is 0 Å². The Bertz CT molecular complexity index is 519. The van der Waals surface area contributed by atoms with E-state index in [4.69, 9.17) is 16.3 Å². The number of halogens is 2. The van der Waals surface area contributed by atoms with Crippen LogP contribution in [-0.2, 0) is 0 Å². The Balaban J connectivity index is 2.27. The molecule has 1 aromatic heterocycles. The second-order valence-electron chi connectivity index (χ2n) is 3.19. The Morgan fingerprint density at radius 1 is 1.31 bits per heavy atom. The highest BCUT2D eigenvalue weighted by molar-refractivity contribution is 6.29. The standard InChI is InChI=1S/C11H8ClFN2O/c1-7-4-8(13)2-3-9(7)16-11-6-14-5-10(12)15-11/h2-6H,1H3. The van der Waals surface area contributed by atoms with Crippen molar-refractivity contribution < 1.29 is 9.13 Å². The van der Waals surface area contributed by atoms with Gasteiger partial charge in [0.15, 0.2) is 5.15 Å². The molecule has 0 radical (unpaired) electrons. The summed E-state index contributed by atoms with van der Waals surface area (Å²) in [5.41, 5.74) is 0.682. The number of aryl methyl sites for hydroxylation is 1. The molecule has 0 spiro atoms. The molecular weight excluding hydrogens is 231 g/mol. The fraction of sp³-hybridized carbons (Fsp3) is 0.0909. The molecule has 2 rings (SSSR count). The van der Waals surface area contributed by atoms with Crippen molar-refractivity contribution in [3.8, 4) is 11.6 Å². The number of nitrogens with zero attached hydrogens (tertiary/aromatic N) is 2. The molecule has 5 heteroatoms. The van der Waals surface area contributed by atoms with Crippen LogP contribution in [0.5, 0.6) is 11.6 Å². The average Bonchev–Trinajstić information content (AvgIpc) is 2.22. The van der Waals surface area contributed by atoms with Crippen molar-refractivity contribution >= 4 is 11.6 Å². The van der Waals surface area contributed by atoms with Crippen molar-refractivity contribution in [2.45, 2.75) is 6.92 Å². The van der Waals surface area contributed by atoms with Gasteiger partial charge in [0.1, 0.15) is 11.6 Å². The zero-order valence-electron chi connectivity index (χ0n) is 8.45. The van der Waals surface area contributed by atoms with Gasteiger partial charge in [-0.25, -0.2) is 4.39 Å². The molecule has 1 aromatic carbocycles. The molecule has 0 amide bonds. The Morgan fingerprint density at radius 2 is 2.12 bits per heavy atom. The van der Waals surface area contributed by atoms with Crippen LogP contribution in [0.2, 0.25) is 5.15 Å². The lowest BCUT2D eigenvalue weighted by atomic mass is 10.2. The number of benzene rings is 1. The lowest BCUT2D eigenvalue weighted by Gasteiger charge is -2.07. The first-order chi connectivity index (χ1) is 7.65. The molecule has 16 heavy (non-hydrogen) atoms. The number of hydrogen-bond acceptors (Lipinski definition) is 3. The van der Waals surface area contributed by atoms with E-state index >= 15 is 0 Å². The molecule has 0 aliphatic heterocycles. The van der Waals surface area contributed by atoms with Gasteiger partial charge in [-0.05, 0) is 30.7 Å². The lowest BCUT2D eigenvalue weighted by molar-refractivity contribution is 0.455. The average molecular weight is 239 g/mol. The van der Waals surface area contributed by atoms with Gasteiger partial charge in [-0.3, -0.25) is 4.98 Å². The van der Waals surface area contributed by atoms with E-state index < -0.39 is 0 Å². The van der Waals surface area contributed by atoms with Crippen molar-refractivity contribution in [3.63, 3.8) is 0 Å². The monoisotopic (exact) mass is 238 g/mol. The second kappa shape index (κ2) is 4.45. The van der Waals surface area contributed by atoms with Gasteiger partial charge in [-0.15, -0.1) is 0 Å². The first-order valence-corrected chi connectivity index (χ1v) is 4.94. The summed E-state index contributed by atoms with van der Waals surface area (Å²) >= 11 is 5.66. The molecule has 0 N–H and O–H groups in total. The predicted octanol–water partition coefficient (Wildman–Crippen LogP) is 3.37. The van der Waals surface area contributed by atoms with Crippen LogP contribution in [0.4, 0.5) is 4.39 Å². The van der Waals surface area contributed by atoms with Crippen molar-refractivity contribution in [2.75, 3.05) is 0 Å². The quantitative estimate of drug-likeness (QED) is 0.805. The summed E-state index contributed by atoms with van der Waals surface area (Å²) in [6.45, 7) is 1.75. The molecule has 0 bridgehead atoms. The van der Waals surface area contributed by atoms with Crippen LogP contribution in [0.1, 0.15) is 5.56 Å². The first-order valence-electron chi connectivity index (χ1n) is 4.57. The summed E-state index contributed by atoms with van der Waals surface area (Å²) in [4.78, 5) is 7.75. The summed E-state index contributed by atoms with van der Waals surface area (Å²) in [6.07, 6.45) is 2.85. The molecule has 0 saturated heterocycles. The Kier molecular flexibility index (Phi) is 3.01. The van der Waals surface area contributed by atoms with Gasteiger partial charge in [0.05, 0.1) is 12.4 Å². The van der Waals surface area contributed by atoms with Crippen molar-refractivity contribution in [1.82, 2.24) is 9.97 Å². The predicted molar refractivity (Wildman–Crippen MR) is 58.3 cm³/mol. The van der Waals surface area contributed by atoms with Gasteiger partial charge < -0.3 is 4.74 Å². The molecule has 0 fully saturated rings. The SMILES string of the molecule is Cc1cc(F)ccc1Oc1cncc(Cl)n1. The highest BCUT2D eigenvalue weighted by Crippen LogP contribution is 2.24. The fourth-order valence-corrected chi connectivity index (χ4v) is 1.35. The van der Waals surface area contributed by atoms with Gasteiger partial charge >= 0.3 is 0 Å². The minimum absolute atomic E-state index is 0.247. The molecule has 0 aliphatic rings. The summed E-state index contributed by atoms with van der Waals surface area (Å²) in [5.74, 6) is 0.502. The largest absolute Gasteiger partial charge is 0.437 e. The number of rotatable bonds is 2. The van der Waals surface area contributed by atoms with Gasteiger partial charge in [-0.2, -0.15) is 4.98 Å². The topological polar surface area (TPSA) is 35.0 Å². The van der Waals surface area contributed by atoms with E-state index in [1.165, 1.54) is 30.6 Å². The Morgan fingerprint density at radius 3 is 2.81 bits per heavy atom. The van der Waals surface area contributed by atoms with E-state index in [1.54, 1.807) is 6.92 Å². The van der Waals surface area contributed by atoms with Crippen LogP contribution < -0.4 is 4.74 Å². The summed E-state index contributed by atoms with van der Waals surface area (Å²) < 4.78 is 18.3. The van der Waals surface area contributed by atoms with Crippen LogP contribution in [0.15, 0.2) is 30.6 Å². The highest BCUT2D eigenvalue weighted by Gasteiger charge is 2.04. The maximum absolute atomic E-state index is 12.8. The molecular formula is C11H8ClFN2O. The molecule has 0 atom stereocenters. The minimum atomic E-state index is -0.304. The van der Waals surface area contributed by atoms with E-state index in [0.717, 1.165) is 0 Å². The number of ether oxygens (including phenoxy) is 1. The second-order valence-corrected chi connectivity index (χ2v) is 3.58. The molecule has 0 saturated carbocycles. The smallest absolute Gasteiger partial charge is 0.239 e. The maximum Gasteiger partial charge on any atom is 0.239 e. The molecule has 82 valence electrons. The summed E-state index contributed by atoms with van der Waals surface area (Å²) in [7, 11) is 0.